The van der Waals surface area contributed by atoms with Crippen molar-refractivity contribution in [1.29, 1.82) is 0 Å². The van der Waals surface area contributed by atoms with Gasteiger partial charge in [0.25, 0.3) is 0 Å². The van der Waals surface area contributed by atoms with Crippen molar-refractivity contribution >= 4 is 22.5 Å². The van der Waals surface area contributed by atoms with Gasteiger partial charge in [0, 0.05) is 26.8 Å². The average molecular weight is 274 g/mol. The zero-order valence-electron chi connectivity index (χ0n) is 11.2. The van der Waals surface area contributed by atoms with Gasteiger partial charge in [0.05, 0.1) is 0 Å². The van der Waals surface area contributed by atoms with Gasteiger partial charge in [0.15, 0.2) is 0 Å². The summed E-state index contributed by atoms with van der Waals surface area (Å²) in [5.41, 5.74) is 1.89. The molecule has 0 saturated carbocycles. The van der Waals surface area contributed by atoms with Crippen molar-refractivity contribution in [2.45, 2.75) is 31.1 Å². The molecule has 2 aromatic rings. The van der Waals surface area contributed by atoms with Crippen molar-refractivity contribution in [1.82, 2.24) is 0 Å². The van der Waals surface area contributed by atoms with Gasteiger partial charge in [-0.1, -0.05) is 6.92 Å². The summed E-state index contributed by atoms with van der Waals surface area (Å²) in [5.74, 6) is 1.30. The van der Waals surface area contributed by atoms with Gasteiger partial charge in [-0.3, -0.25) is 0 Å². The summed E-state index contributed by atoms with van der Waals surface area (Å²) >= 11 is 1.64. The number of phenolic OH excluding ortho intramolecular Hbond substituents is 2. The molecular weight excluding hydrogens is 256 g/mol. The number of thioether (sulfide) groups is 1. The molecule has 0 amide bonds. The zero-order valence-corrected chi connectivity index (χ0v) is 12.0. The van der Waals surface area contributed by atoms with E-state index < -0.39 is 0 Å². The third-order valence-corrected chi connectivity index (χ3v) is 4.84. The Balaban J connectivity index is 2.32. The van der Waals surface area contributed by atoms with Crippen molar-refractivity contribution in [3.63, 3.8) is 0 Å². The van der Waals surface area contributed by atoms with E-state index in [1.807, 2.05) is 24.5 Å². The molecule has 0 aliphatic heterocycles. The Morgan fingerprint density at radius 1 is 1.11 bits per heavy atom. The molecule has 1 atom stereocenters. The Bertz CT molecular complexity index is 649. The first kappa shape index (κ1) is 12.7. The summed E-state index contributed by atoms with van der Waals surface area (Å²) in [7, 11) is 0. The largest absolute Gasteiger partial charge is 0.507 e. The van der Waals surface area contributed by atoms with Crippen LogP contribution in [0.5, 0.6) is 11.5 Å². The van der Waals surface area contributed by atoms with Crippen molar-refractivity contribution in [2.75, 3.05) is 6.26 Å². The highest BCUT2D eigenvalue weighted by atomic mass is 32.2. The van der Waals surface area contributed by atoms with Crippen LogP contribution in [-0.4, -0.2) is 16.5 Å². The second kappa shape index (κ2) is 4.64. The van der Waals surface area contributed by atoms with E-state index in [9.17, 15) is 10.2 Å². The van der Waals surface area contributed by atoms with E-state index >= 15 is 0 Å². The normalized spacial score (nSPS) is 18.5. The van der Waals surface area contributed by atoms with Crippen molar-refractivity contribution in [3.8, 4) is 11.5 Å². The minimum absolute atomic E-state index is 0.363. The van der Waals surface area contributed by atoms with Gasteiger partial charge in [0.2, 0.25) is 0 Å². The first-order chi connectivity index (χ1) is 9.11. The van der Waals surface area contributed by atoms with Crippen LogP contribution in [0.4, 0.5) is 0 Å². The maximum atomic E-state index is 10.5. The minimum atomic E-state index is 0.363. The lowest BCUT2D eigenvalue weighted by atomic mass is 9.82. The molecule has 100 valence electrons. The van der Waals surface area contributed by atoms with Crippen LogP contribution in [0.1, 0.15) is 24.5 Å². The van der Waals surface area contributed by atoms with Gasteiger partial charge >= 0.3 is 0 Å². The maximum Gasteiger partial charge on any atom is 0.127 e. The molecule has 19 heavy (non-hydrogen) atoms. The Hall–Kier alpha value is -1.35. The van der Waals surface area contributed by atoms with E-state index in [0.717, 1.165) is 46.1 Å². The Kier molecular flexibility index (Phi) is 3.09. The lowest BCUT2D eigenvalue weighted by Crippen LogP contribution is -2.12. The summed E-state index contributed by atoms with van der Waals surface area (Å²) in [4.78, 5) is 1.10. The van der Waals surface area contributed by atoms with Crippen LogP contribution in [-0.2, 0) is 12.8 Å². The van der Waals surface area contributed by atoms with Gasteiger partial charge in [-0.25, -0.2) is 0 Å². The quantitative estimate of drug-likeness (QED) is 0.607. The van der Waals surface area contributed by atoms with Crippen LogP contribution < -0.4 is 0 Å². The fourth-order valence-corrected chi connectivity index (χ4v) is 3.43. The molecule has 0 heterocycles. The first-order valence-corrected chi connectivity index (χ1v) is 7.87. The Labute approximate surface area is 117 Å². The second-order valence-corrected chi connectivity index (χ2v) is 6.29. The Morgan fingerprint density at radius 3 is 2.58 bits per heavy atom. The zero-order chi connectivity index (χ0) is 13.6. The van der Waals surface area contributed by atoms with Crippen LogP contribution in [0, 0.1) is 5.92 Å². The van der Waals surface area contributed by atoms with Crippen molar-refractivity contribution < 1.29 is 10.2 Å². The molecular formula is C16H18O2S. The molecule has 0 bridgehead atoms. The highest BCUT2D eigenvalue weighted by Gasteiger charge is 2.24. The second-order valence-electron chi connectivity index (χ2n) is 5.41. The smallest absolute Gasteiger partial charge is 0.127 e. The number of phenols is 2. The van der Waals surface area contributed by atoms with E-state index in [1.54, 1.807) is 11.8 Å². The lowest BCUT2D eigenvalue weighted by Gasteiger charge is -2.24. The molecule has 2 aromatic carbocycles. The predicted molar refractivity (Wildman–Crippen MR) is 80.2 cm³/mol. The standard InChI is InChI=1S/C16H18O2S/c1-9-3-5-11-13(7-9)15(17)12-6-4-10(19-2)8-14(12)16(11)18/h4,6,8-9,17-18H,3,5,7H2,1-2H3. The van der Waals surface area contributed by atoms with E-state index in [0.29, 0.717) is 17.4 Å². The van der Waals surface area contributed by atoms with Gasteiger partial charge in [-0.05, 0) is 49.6 Å². The monoisotopic (exact) mass is 274 g/mol. The molecule has 3 rings (SSSR count). The van der Waals surface area contributed by atoms with E-state index in [4.69, 9.17) is 0 Å². The Morgan fingerprint density at radius 2 is 1.84 bits per heavy atom. The molecule has 1 aliphatic rings. The fourth-order valence-electron chi connectivity index (χ4n) is 2.99. The molecule has 0 spiro atoms. The average Bonchev–Trinajstić information content (AvgIpc) is 2.44. The molecule has 0 radical (unpaired) electrons. The maximum absolute atomic E-state index is 10.5. The third-order valence-electron chi connectivity index (χ3n) is 4.11. The highest BCUT2D eigenvalue weighted by Crippen LogP contribution is 2.44. The summed E-state index contributed by atoms with van der Waals surface area (Å²) in [6.07, 6.45) is 4.80. The molecule has 0 fully saturated rings. The van der Waals surface area contributed by atoms with E-state index in [1.165, 1.54) is 0 Å². The summed E-state index contributed by atoms with van der Waals surface area (Å²) in [6.45, 7) is 2.19. The number of aromatic hydroxyl groups is 2. The van der Waals surface area contributed by atoms with Crippen molar-refractivity contribution in [2.24, 2.45) is 5.92 Å². The predicted octanol–water partition coefficient (Wildman–Crippen LogP) is 4.10. The SMILES string of the molecule is CSc1ccc2c(O)c3c(c(O)c2c1)CCC(C)C3. The van der Waals surface area contributed by atoms with Gasteiger partial charge in [-0.2, -0.15) is 0 Å². The molecule has 2 nitrogen and oxygen atoms in total. The van der Waals surface area contributed by atoms with Crippen LogP contribution in [0.15, 0.2) is 23.1 Å². The topological polar surface area (TPSA) is 40.5 Å². The van der Waals surface area contributed by atoms with Gasteiger partial charge in [-0.15, -0.1) is 11.8 Å². The first-order valence-electron chi connectivity index (χ1n) is 6.65. The summed E-state index contributed by atoms with van der Waals surface area (Å²) < 4.78 is 0. The molecule has 3 heteroatoms. The third kappa shape index (κ3) is 1.96. The molecule has 2 N–H and O–H groups in total. The van der Waals surface area contributed by atoms with E-state index in [2.05, 4.69) is 6.92 Å². The lowest BCUT2D eigenvalue weighted by molar-refractivity contribution is 0.424. The summed E-state index contributed by atoms with van der Waals surface area (Å²) in [5, 5.41) is 22.5. The van der Waals surface area contributed by atoms with Gasteiger partial charge < -0.3 is 10.2 Å². The molecule has 1 aliphatic carbocycles. The van der Waals surface area contributed by atoms with Crippen LogP contribution in [0.25, 0.3) is 10.8 Å². The van der Waals surface area contributed by atoms with Crippen LogP contribution in [0.2, 0.25) is 0 Å². The van der Waals surface area contributed by atoms with Crippen LogP contribution in [0.3, 0.4) is 0 Å². The highest BCUT2D eigenvalue weighted by molar-refractivity contribution is 7.98. The van der Waals surface area contributed by atoms with Gasteiger partial charge in [0.1, 0.15) is 11.5 Å². The number of benzene rings is 2. The number of hydrogen-bond acceptors (Lipinski definition) is 3. The molecule has 0 aromatic heterocycles. The molecule has 0 saturated heterocycles. The number of fused-ring (bicyclic) bond motifs is 2. The molecule has 1 unspecified atom stereocenters. The van der Waals surface area contributed by atoms with Crippen LogP contribution >= 0.6 is 11.8 Å². The van der Waals surface area contributed by atoms with Crippen molar-refractivity contribution in [3.05, 3.63) is 29.3 Å². The van der Waals surface area contributed by atoms with E-state index in [-0.39, 0.29) is 0 Å². The summed E-state index contributed by atoms with van der Waals surface area (Å²) in [6, 6.07) is 5.87. The minimum Gasteiger partial charge on any atom is -0.507 e. The fraction of sp³-hybridized carbons (Fsp3) is 0.375. The number of hydrogen-bond donors (Lipinski definition) is 2. The number of rotatable bonds is 1.